The smallest absolute Gasteiger partial charge is 0.0714 e. The summed E-state index contributed by atoms with van der Waals surface area (Å²) in [6.45, 7) is 4.82. The highest BCUT2D eigenvalue weighted by Gasteiger charge is 2.70. The molecule has 16 rings (SSSR count). The molecule has 61 heavy (non-hydrogen) atoms. The van der Waals surface area contributed by atoms with Gasteiger partial charge in [-0.25, -0.2) is 0 Å². The van der Waals surface area contributed by atoms with Crippen LogP contribution in [0.25, 0.3) is 22.3 Å². The van der Waals surface area contributed by atoms with Crippen molar-refractivity contribution in [1.82, 2.24) is 0 Å². The fourth-order valence-electron chi connectivity index (χ4n) is 16.3. The highest BCUT2D eigenvalue weighted by molar-refractivity contribution is 5.90. The Kier molecular flexibility index (Phi) is 7.03. The zero-order valence-electron chi connectivity index (χ0n) is 35.4. The average Bonchev–Trinajstić information content (AvgIpc) is 3.74. The van der Waals surface area contributed by atoms with E-state index in [0.717, 1.165) is 41.4 Å². The second-order valence-corrected chi connectivity index (χ2v) is 20.9. The number of fused-ring (bicyclic) bond motifs is 6. The minimum atomic E-state index is -0.460. The molecule has 0 heterocycles. The van der Waals surface area contributed by atoms with Gasteiger partial charge in [0.15, 0.2) is 0 Å². The number of hydrogen-bond acceptors (Lipinski definition) is 1. The van der Waals surface area contributed by atoms with Gasteiger partial charge in [0.05, 0.1) is 5.41 Å². The quantitative estimate of drug-likeness (QED) is 0.162. The molecule has 298 valence electrons. The summed E-state index contributed by atoms with van der Waals surface area (Å²) in [5.41, 5.74) is 18.7. The molecule has 0 radical (unpaired) electrons. The van der Waals surface area contributed by atoms with Gasteiger partial charge in [0.2, 0.25) is 0 Å². The van der Waals surface area contributed by atoms with Crippen molar-refractivity contribution in [1.29, 1.82) is 0 Å². The first kappa shape index (κ1) is 35.0. The Morgan fingerprint density at radius 1 is 0.393 bits per heavy atom. The molecular weight excluding hydrogens is 735 g/mol. The van der Waals surface area contributed by atoms with Gasteiger partial charge in [0.25, 0.3) is 0 Å². The van der Waals surface area contributed by atoms with Crippen molar-refractivity contribution in [3.63, 3.8) is 0 Å². The summed E-state index contributed by atoms with van der Waals surface area (Å²) in [4.78, 5) is 2.59. The molecule has 0 amide bonds. The van der Waals surface area contributed by atoms with Crippen LogP contribution in [0.1, 0.15) is 91.3 Å². The summed E-state index contributed by atoms with van der Waals surface area (Å²) in [6, 6.07) is 65.6. The van der Waals surface area contributed by atoms with Crippen LogP contribution in [0.5, 0.6) is 0 Å². The van der Waals surface area contributed by atoms with Gasteiger partial charge in [-0.3, -0.25) is 0 Å². The second kappa shape index (κ2) is 12.3. The third kappa shape index (κ3) is 4.43. The minimum Gasteiger partial charge on any atom is -0.310 e. The van der Waals surface area contributed by atoms with Crippen LogP contribution >= 0.6 is 0 Å². The monoisotopic (exact) mass is 787 g/mol. The largest absolute Gasteiger partial charge is 0.310 e. The average molecular weight is 788 g/mol. The van der Waals surface area contributed by atoms with Crippen LogP contribution in [-0.2, 0) is 16.2 Å². The zero-order chi connectivity index (χ0) is 40.2. The lowest BCUT2D eigenvalue weighted by molar-refractivity contribution is -0.220. The molecule has 9 aliphatic carbocycles. The summed E-state index contributed by atoms with van der Waals surface area (Å²) < 4.78 is 0. The Morgan fingerprint density at radius 3 is 1.52 bits per heavy atom. The molecular formula is C60H53N. The maximum Gasteiger partial charge on any atom is 0.0714 e. The van der Waals surface area contributed by atoms with Gasteiger partial charge in [-0.15, -0.1) is 0 Å². The van der Waals surface area contributed by atoms with E-state index in [-0.39, 0.29) is 5.41 Å². The van der Waals surface area contributed by atoms with Crippen LogP contribution in [0, 0.1) is 41.4 Å². The Hall–Kier alpha value is -5.66. The molecule has 0 aliphatic heterocycles. The zero-order valence-corrected chi connectivity index (χ0v) is 35.4. The second-order valence-electron chi connectivity index (χ2n) is 20.9. The van der Waals surface area contributed by atoms with Gasteiger partial charge in [0, 0.05) is 27.9 Å². The van der Waals surface area contributed by atoms with Gasteiger partial charge < -0.3 is 4.90 Å². The maximum absolute atomic E-state index is 2.61. The van der Waals surface area contributed by atoms with E-state index in [2.05, 4.69) is 189 Å². The van der Waals surface area contributed by atoms with E-state index in [4.69, 9.17) is 0 Å². The van der Waals surface area contributed by atoms with Crippen molar-refractivity contribution in [2.75, 3.05) is 4.90 Å². The van der Waals surface area contributed by atoms with Crippen molar-refractivity contribution >= 4 is 17.1 Å². The summed E-state index contributed by atoms with van der Waals surface area (Å²) in [5.74, 6) is 6.71. The molecule has 1 heteroatoms. The minimum absolute atomic E-state index is 0.0934. The molecule has 1 nitrogen and oxygen atoms in total. The first-order chi connectivity index (χ1) is 29.9. The molecule has 0 N–H and O–H groups in total. The van der Waals surface area contributed by atoms with Crippen LogP contribution in [0.15, 0.2) is 170 Å². The standard InChI is InChI=1S/C60H53N/c1-58(2)52-19-11-9-17-45(52)47-27-25-43(34-54(47)58)61(42-23-21-39(22-24-42)59-36-38-30-50-49-29-37(32-55(50)59)33-56(59)51(49)31-38)44-26-28-48-46-18-10-12-20-53(46)60(57(48)35-44,40-13-5-3-6-14-40)41-15-7-4-8-16-41/h3-28,34-35,37-38,49-51,55-56H,29-33,36H2,1-2H3. The molecule has 8 bridgehead atoms. The predicted molar refractivity (Wildman–Crippen MR) is 250 cm³/mol. The van der Waals surface area contributed by atoms with Crippen molar-refractivity contribution in [2.24, 2.45) is 41.4 Å². The molecule has 7 fully saturated rings. The molecule has 9 aliphatic rings. The Bertz CT molecular complexity index is 2840. The number of nitrogens with zero attached hydrogens (tertiary/aromatic N) is 1. The topological polar surface area (TPSA) is 3.24 Å². The molecule has 0 aromatic heterocycles. The first-order valence-corrected chi connectivity index (χ1v) is 23.4. The first-order valence-electron chi connectivity index (χ1n) is 23.4. The normalized spacial score (nSPS) is 29.2. The van der Waals surface area contributed by atoms with Crippen molar-refractivity contribution in [2.45, 2.75) is 68.6 Å². The van der Waals surface area contributed by atoms with Crippen LogP contribution in [-0.4, -0.2) is 0 Å². The Labute approximate surface area is 361 Å². The van der Waals surface area contributed by atoms with E-state index >= 15 is 0 Å². The van der Waals surface area contributed by atoms with Crippen LogP contribution in [0.2, 0.25) is 0 Å². The van der Waals surface area contributed by atoms with E-state index < -0.39 is 5.41 Å². The van der Waals surface area contributed by atoms with Crippen LogP contribution in [0.4, 0.5) is 17.1 Å². The highest BCUT2D eigenvalue weighted by atomic mass is 15.1. The van der Waals surface area contributed by atoms with Gasteiger partial charge in [-0.1, -0.05) is 147 Å². The SMILES string of the molecule is CC1(C)c2ccccc2-c2ccc(N(c3ccc(C45CC6CC7C8CC(CC74)CC5C8C6)cc3)c3ccc4c(c3)C(c3ccccc3)(c3ccccc3)c3ccccc3-4)cc21. The fraction of sp³-hybridized carbons (Fsp3) is 0.300. The Balaban J connectivity index is 0.968. The van der Waals surface area contributed by atoms with Gasteiger partial charge in [0.1, 0.15) is 0 Å². The molecule has 7 saturated carbocycles. The number of benzene rings is 7. The highest BCUT2D eigenvalue weighted by Crippen LogP contribution is 2.76. The van der Waals surface area contributed by atoms with E-state index in [1.54, 1.807) is 12.0 Å². The molecule has 0 spiro atoms. The molecule has 4 atom stereocenters. The molecule has 7 aromatic rings. The lowest BCUT2D eigenvalue weighted by Crippen LogP contribution is -2.69. The van der Waals surface area contributed by atoms with Crippen LogP contribution in [0.3, 0.4) is 0 Å². The summed E-state index contributed by atoms with van der Waals surface area (Å²) >= 11 is 0. The van der Waals surface area contributed by atoms with Gasteiger partial charge in [-0.05, 0) is 178 Å². The molecule has 4 unspecified atom stereocenters. The molecule has 0 saturated heterocycles. The maximum atomic E-state index is 2.61. The van der Waals surface area contributed by atoms with Crippen LogP contribution < -0.4 is 4.90 Å². The van der Waals surface area contributed by atoms with E-state index in [9.17, 15) is 0 Å². The lowest BCUT2D eigenvalue weighted by Gasteiger charge is -2.74. The third-order valence-electron chi connectivity index (χ3n) is 18.3. The van der Waals surface area contributed by atoms with E-state index in [1.807, 2.05) is 0 Å². The summed E-state index contributed by atoms with van der Waals surface area (Å²) in [6.07, 6.45) is 9.00. The predicted octanol–water partition coefficient (Wildman–Crippen LogP) is 14.8. The number of rotatable bonds is 6. The molecule has 7 aromatic carbocycles. The summed E-state index contributed by atoms with van der Waals surface area (Å²) in [5, 5.41) is 0. The Morgan fingerprint density at radius 2 is 0.885 bits per heavy atom. The van der Waals surface area contributed by atoms with Crippen molar-refractivity contribution in [3.8, 4) is 22.3 Å². The summed E-state index contributed by atoms with van der Waals surface area (Å²) in [7, 11) is 0. The fourth-order valence-corrected chi connectivity index (χ4v) is 16.3. The third-order valence-corrected chi connectivity index (χ3v) is 18.3. The van der Waals surface area contributed by atoms with Crippen molar-refractivity contribution in [3.05, 3.63) is 209 Å². The number of anilines is 3. The van der Waals surface area contributed by atoms with Gasteiger partial charge in [-0.2, -0.15) is 0 Å². The van der Waals surface area contributed by atoms with E-state index in [0.29, 0.717) is 5.41 Å². The van der Waals surface area contributed by atoms with Crippen molar-refractivity contribution < 1.29 is 0 Å². The lowest BCUT2D eigenvalue weighted by atomic mass is 9.30. The van der Waals surface area contributed by atoms with Gasteiger partial charge >= 0.3 is 0 Å². The number of hydrogen-bond donors (Lipinski definition) is 0. The van der Waals surface area contributed by atoms with E-state index in [1.165, 1.54) is 105 Å².